The first-order chi connectivity index (χ1) is 7.24. The van der Waals surface area contributed by atoms with Crippen LogP contribution in [-0.4, -0.2) is 37.1 Å². The number of hydrogen-bond acceptors (Lipinski definition) is 2. The number of piperidine rings is 1. The van der Waals surface area contributed by atoms with E-state index in [1.165, 1.54) is 45.3 Å². The van der Waals surface area contributed by atoms with Gasteiger partial charge in [-0.15, -0.1) is 0 Å². The Balaban J connectivity index is 2.23. The Kier molecular flexibility index (Phi) is 6.26. The molecule has 1 rings (SSSR count). The molecule has 1 saturated heterocycles. The van der Waals surface area contributed by atoms with Gasteiger partial charge in [0.2, 0.25) is 0 Å². The first kappa shape index (κ1) is 13.0. The minimum Gasteiger partial charge on any atom is -0.315 e. The van der Waals surface area contributed by atoms with Gasteiger partial charge in [-0.2, -0.15) is 0 Å². The van der Waals surface area contributed by atoms with Crippen molar-refractivity contribution in [1.29, 1.82) is 0 Å². The Morgan fingerprint density at radius 3 is 2.80 bits per heavy atom. The number of likely N-dealkylation sites (tertiary alicyclic amines) is 1. The SMILES string of the molecule is CCCN1CCCCC1CNCC(C)C. The first-order valence-corrected chi connectivity index (χ1v) is 6.68. The smallest absolute Gasteiger partial charge is 0.0220 e. The quantitative estimate of drug-likeness (QED) is 0.728. The standard InChI is InChI=1S/C13H28N2/c1-4-8-15-9-6-5-7-13(15)11-14-10-12(2)3/h12-14H,4-11H2,1-3H3. The Labute approximate surface area is 95.4 Å². The number of nitrogens with one attached hydrogen (secondary N) is 1. The molecule has 1 aliphatic rings. The van der Waals surface area contributed by atoms with Gasteiger partial charge in [-0.05, 0) is 44.8 Å². The fraction of sp³-hybridized carbons (Fsp3) is 1.00. The summed E-state index contributed by atoms with van der Waals surface area (Å²) in [7, 11) is 0. The predicted octanol–water partition coefficient (Wildman–Crippen LogP) is 2.50. The molecule has 15 heavy (non-hydrogen) atoms. The van der Waals surface area contributed by atoms with E-state index in [9.17, 15) is 0 Å². The van der Waals surface area contributed by atoms with E-state index in [0.29, 0.717) is 0 Å². The molecular formula is C13H28N2. The van der Waals surface area contributed by atoms with Gasteiger partial charge in [0, 0.05) is 12.6 Å². The molecule has 0 radical (unpaired) electrons. The summed E-state index contributed by atoms with van der Waals surface area (Å²) in [4.78, 5) is 2.68. The van der Waals surface area contributed by atoms with E-state index in [-0.39, 0.29) is 0 Å². The molecule has 1 fully saturated rings. The molecule has 1 atom stereocenters. The van der Waals surface area contributed by atoms with E-state index in [1.807, 2.05) is 0 Å². The minimum absolute atomic E-state index is 0.771. The lowest BCUT2D eigenvalue weighted by Gasteiger charge is -2.35. The maximum Gasteiger partial charge on any atom is 0.0220 e. The van der Waals surface area contributed by atoms with E-state index in [0.717, 1.165) is 18.5 Å². The summed E-state index contributed by atoms with van der Waals surface area (Å²) in [6, 6.07) is 0.803. The molecule has 0 aromatic rings. The van der Waals surface area contributed by atoms with Crippen LogP contribution in [0.4, 0.5) is 0 Å². The van der Waals surface area contributed by atoms with Gasteiger partial charge in [0.15, 0.2) is 0 Å². The summed E-state index contributed by atoms with van der Waals surface area (Å²) >= 11 is 0. The summed E-state index contributed by atoms with van der Waals surface area (Å²) in [5, 5.41) is 3.60. The van der Waals surface area contributed by atoms with Crippen LogP contribution < -0.4 is 5.32 Å². The Bertz CT molecular complexity index is 155. The molecule has 0 amide bonds. The van der Waals surface area contributed by atoms with Crippen molar-refractivity contribution in [3.8, 4) is 0 Å². The Hall–Kier alpha value is -0.0800. The second-order valence-corrected chi connectivity index (χ2v) is 5.24. The highest BCUT2D eigenvalue weighted by Gasteiger charge is 2.20. The molecule has 1 N–H and O–H groups in total. The second-order valence-electron chi connectivity index (χ2n) is 5.24. The Morgan fingerprint density at radius 1 is 1.33 bits per heavy atom. The summed E-state index contributed by atoms with van der Waals surface area (Å²) in [6.45, 7) is 11.8. The van der Waals surface area contributed by atoms with Crippen LogP contribution in [0.1, 0.15) is 46.5 Å². The van der Waals surface area contributed by atoms with Crippen LogP contribution >= 0.6 is 0 Å². The molecule has 1 heterocycles. The maximum atomic E-state index is 3.60. The molecule has 0 aliphatic carbocycles. The van der Waals surface area contributed by atoms with Crippen molar-refractivity contribution in [3.05, 3.63) is 0 Å². The summed E-state index contributed by atoms with van der Waals surface area (Å²) in [6.07, 6.45) is 5.51. The van der Waals surface area contributed by atoms with Crippen molar-refractivity contribution in [1.82, 2.24) is 10.2 Å². The third-order valence-corrected chi connectivity index (χ3v) is 3.19. The third-order valence-electron chi connectivity index (χ3n) is 3.19. The largest absolute Gasteiger partial charge is 0.315 e. The van der Waals surface area contributed by atoms with Crippen LogP contribution in [0.25, 0.3) is 0 Å². The molecule has 1 aliphatic heterocycles. The van der Waals surface area contributed by atoms with Crippen molar-refractivity contribution >= 4 is 0 Å². The van der Waals surface area contributed by atoms with Crippen LogP contribution in [0.2, 0.25) is 0 Å². The van der Waals surface area contributed by atoms with Crippen molar-refractivity contribution < 1.29 is 0 Å². The van der Waals surface area contributed by atoms with Crippen LogP contribution in [0.5, 0.6) is 0 Å². The van der Waals surface area contributed by atoms with Gasteiger partial charge in [-0.1, -0.05) is 27.2 Å². The van der Waals surface area contributed by atoms with Crippen LogP contribution in [0.3, 0.4) is 0 Å². The topological polar surface area (TPSA) is 15.3 Å². The first-order valence-electron chi connectivity index (χ1n) is 6.68. The molecule has 0 bridgehead atoms. The fourth-order valence-corrected chi connectivity index (χ4v) is 2.41. The molecule has 0 saturated carbocycles. The van der Waals surface area contributed by atoms with E-state index < -0.39 is 0 Å². The van der Waals surface area contributed by atoms with E-state index in [2.05, 4.69) is 31.0 Å². The number of nitrogens with zero attached hydrogens (tertiary/aromatic N) is 1. The normalized spacial score (nSPS) is 23.6. The zero-order valence-corrected chi connectivity index (χ0v) is 10.8. The molecule has 0 aromatic carbocycles. The van der Waals surface area contributed by atoms with Crippen molar-refractivity contribution in [3.63, 3.8) is 0 Å². The lowest BCUT2D eigenvalue weighted by molar-refractivity contribution is 0.145. The fourth-order valence-electron chi connectivity index (χ4n) is 2.41. The van der Waals surface area contributed by atoms with Gasteiger partial charge in [-0.3, -0.25) is 4.90 Å². The summed E-state index contributed by atoms with van der Waals surface area (Å²) in [5.41, 5.74) is 0. The summed E-state index contributed by atoms with van der Waals surface area (Å²) in [5.74, 6) is 0.771. The van der Waals surface area contributed by atoms with Gasteiger partial charge < -0.3 is 5.32 Å². The van der Waals surface area contributed by atoms with E-state index >= 15 is 0 Å². The number of rotatable bonds is 6. The monoisotopic (exact) mass is 212 g/mol. The molecule has 2 nitrogen and oxygen atoms in total. The molecule has 1 unspecified atom stereocenters. The highest BCUT2D eigenvalue weighted by atomic mass is 15.2. The molecule has 0 spiro atoms. The molecule has 0 aromatic heterocycles. The molecule has 90 valence electrons. The van der Waals surface area contributed by atoms with Gasteiger partial charge in [0.25, 0.3) is 0 Å². The maximum absolute atomic E-state index is 3.60. The second kappa shape index (κ2) is 7.24. The highest BCUT2D eigenvalue weighted by Crippen LogP contribution is 2.16. The average molecular weight is 212 g/mol. The third kappa shape index (κ3) is 4.98. The van der Waals surface area contributed by atoms with Gasteiger partial charge in [0.05, 0.1) is 0 Å². The van der Waals surface area contributed by atoms with Crippen LogP contribution in [-0.2, 0) is 0 Å². The number of hydrogen-bond donors (Lipinski definition) is 1. The van der Waals surface area contributed by atoms with Crippen molar-refractivity contribution in [2.75, 3.05) is 26.2 Å². The lowest BCUT2D eigenvalue weighted by atomic mass is 10.0. The van der Waals surface area contributed by atoms with Crippen molar-refractivity contribution in [2.24, 2.45) is 5.92 Å². The van der Waals surface area contributed by atoms with Crippen LogP contribution in [0, 0.1) is 5.92 Å². The van der Waals surface area contributed by atoms with E-state index in [1.54, 1.807) is 0 Å². The highest BCUT2D eigenvalue weighted by molar-refractivity contribution is 4.78. The van der Waals surface area contributed by atoms with Gasteiger partial charge in [0.1, 0.15) is 0 Å². The lowest BCUT2D eigenvalue weighted by Crippen LogP contribution is -2.46. The zero-order valence-electron chi connectivity index (χ0n) is 10.8. The minimum atomic E-state index is 0.771. The van der Waals surface area contributed by atoms with Crippen molar-refractivity contribution in [2.45, 2.75) is 52.5 Å². The predicted molar refractivity (Wildman–Crippen MR) is 67.2 cm³/mol. The molecular weight excluding hydrogens is 184 g/mol. The molecule has 2 heteroatoms. The van der Waals surface area contributed by atoms with Gasteiger partial charge in [-0.25, -0.2) is 0 Å². The summed E-state index contributed by atoms with van der Waals surface area (Å²) < 4.78 is 0. The zero-order chi connectivity index (χ0) is 11.1. The van der Waals surface area contributed by atoms with Crippen LogP contribution in [0.15, 0.2) is 0 Å². The Morgan fingerprint density at radius 2 is 2.13 bits per heavy atom. The average Bonchev–Trinajstić information content (AvgIpc) is 2.20. The van der Waals surface area contributed by atoms with E-state index in [4.69, 9.17) is 0 Å². The van der Waals surface area contributed by atoms with Gasteiger partial charge >= 0.3 is 0 Å².